The van der Waals surface area contributed by atoms with E-state index in [4.69, 9.17) is 0 Å². The fraction of sp³-hybridized carbons (Fsp3) is 0.176. The van der Waals surface area contributed by atoms with E-state index in [1.165, 1.54) is 4.90 Å². The monoisotopic (exact) mass is 296 g/mol. The fourth-order valence-electron chi connectivity index (χ4n) is 2.18. The molecule has 0 bridgehead atoms. The molecule has 0 amide bonds. The van der Waals surface area contributed by atoms with Gasteiger partial charge in [-0.3, -0.25) is 4.79 Å². The van der Waals surface area contributed by atoms with Crippen LogP contribution in [0.2, 0.25) is 0 Å². The van der Waals surface area contributed by atoms with E-state index in [-0.39, 0.29) is 5.56 Å². The molecule has 3 rings (SSSR count). The molecule has 0 atom stereocenters. The van der Waals surface area contributed by atoms with Gasteiger partial charge in [0.1, 0.15) is 5.82 Å². The normalized spacial score (nSPS) is 10.9. The van der Waals surface area contributed by atoms with Crippen molar-refractivity contribution in [3.63, 3.8) is 0 Å². The molecule has 3 nitrogen and oxygen atoms in total. The number of hydrogen-bond donors (Lipinski definition) is 1. The van der Waals surface area contributed by atoms with E-state index in [1.54, 1.807) is 6.07 Å². The minimum atomic E-state index is -0.0952. The van der Waals surface area contributed by atoms with Gasteiger partial charge in [-0.2, -0.15) is 0 Å². The van der Waals surface area contributed by atoms with Crippen molar-refractivity contribution < 1.29 is 0 Å². The van der Waals surface area contributed by atoms with Gasteiger partial charge in [-0.1, -0.05) is 31.2 Å². The molecule has 0 aliphatic rings. The largest absolute Gasteiger partial charge is 0.306 e. The van der Waals surface area contributed by atoms with Crippen molar-refractivity contribution in [3.8, 4) is 11.4 Å². The Balaban J connectivity index is 2.06. The first kappa shape index (κ1) is 13.9. The van der Waals surface area contributed by atoms with Crippen LogP contribution in [0.1, 0.15) is 13.3 Å². The molecular weight excluding hydrogens is 280 g/mol. The average molecular weight is 296 g/mol. The lowest BCUT2D eigenvalue weighted by Gasteiger charge is -2.05. The van der Waals surface area contributed by atoms with Crippen LogP contribution in [0.15, 0.2) is 58.2 Å². The Labute approximate surface area is 127 Å². The van der Waals surface area contributed by atoms with Gasteiger partial charge in [0.2, 0.25) is 0 Å². The molecule has 2 aromatic carbocycles. The van der Waals surface area contributed by atoms with E-state index >= 15 is 0 Å². The maximum absolute atomic E-state index is 12.1. The molecule has 0 saturated carbocycles. The van der Waals surface area contributed by atoms with Crippen LogP contribution < -0.4 is 5.56 Å². The quantitative estimate of drug-likeness (QED) is 0.737. The molecule has 21 heavy (non-hydrogen) atoms. The van der Waals surface area contributed by atoms with Crippen LogP contribution in [0.4, 0.5) is 0 Å². The van der Waals surface area contributed by atoms with Crippen molar-refractivity contribution in [2.24, 2.45) is 0 Å². The van der Waals surface area contributed by atoms with Crippen LogP contribution in [-0.2, 0) is 0 Å². The van der Waals surface area contributed by atoms with Gasteiger partial charge in [-0.25, -0.2) is 4.98 Å². The van der Waals surface area contributed by atoms with Gasteiger partial charge >= 0.3 is 0 Å². The maximum atomic E-state index is 12.1. The highest BCUT2D eigenvalue weighted by molar-refractivity contribution is 7.99. The molecule has 3 aromatic rings. The summed E-state index contributed by atoms with van der Waals surface area (Å²) in [6.07, 6.45) is 1.14. The topological polar surface area (TPSA) is 45.8 Å². The second-order valence-corrected chi connectivity index (χ2v) is 5.98. The van der Waals surface area contributed by atoms with Gasteiger partial charge in [0.25, 0.3) is 5.56 Å². The summed E-state index contributed by atoms with van der Waals surface area (Å²) in [6.45, 7) is 2.17. The number of nitrogens with zero attached hydrogens (tertiary/aromatic N) is 1. The van der Waals surface area contributed by atoms with E-state index in [0.29, 0.717) is 11.2 Å². The van der Waals surface area contributed by atoms with Gasteiger partial charge in [-0.05, 0) is 36.4 Å². The summed E-state index contributed by atoms with van der Waals surface area (Å²) >= 11 is 1.82. The molecule has 0 unspecified atom stereocenters. The number of nitrogens with one attached hydrogen (secondary N) is 1. The first-order chi connectivity index (χ1) is 10.3. The minimum absolute atomic E-state index is 0.0952. The molecule has 0 fully saturated rings. The van der Waals surface area contributed by atoms with Crippen molar-refractivity contribution in [3.05, 3.63) is 58.9 Å². The van der Waals surface area contributed by atoms with Crippen molar-refractivity contribution >= 4 is 22.7 Å². The Bertz CT molecular complexity index is 826. The van der Waals surface area contributed by atoms with E-state index in [2.05, 4.69) is 29.0 Å². The molecule has 0 aliphatic heterocycles. The Morgan fingerprint density at radius 1 is 1.14 bits per heavy atom. The van der Waals surface area contributed by atoms with Crippen LogP contribution in [0.25, 0.3) is 22.3 Å². The van der Waals surface area contributed by atoms with Crippen molar-refractivity contribution in [1.29, 1.82) is 0 Å². The lowest BCUT2D eigenvalue weighted by molar-refractivity contribution is 1.10. The van der Waals surface area contributed by atoms with Gasteiger partial charge in [0.15, 0.2) is 0 Å². The Morgan fingerprint density at radius 2 is 2.00 bits per heavy atom. The summed E-state index contributed by atoms with van der Waals surface area (Å²) in [5.41, 5.74) is 1.57. The predicted octanol–water partition coefficient (Wildman–Crippen LogP) is 4.09. The molecule has 0 saturated heterocycles. The molecule has 1 aromatic heterocycles. The third kappa shape index (κ3) is 3.00. The van der Waals surface area contributed by atoms with Gasteiger partial charge < -0.3 is 4.98 Å². The molecule has 0 radical (unpaired) electrons. The number of H-pyrrole nitrogens is 1. The minimum Gasteiger partial charge on any atom is -0.306 e. The lowest BCUT2D eigenvalue weighted by atomic mass is 10.2. The number of benzene rings is 2. The number of aromatic amines is 1. The second kappa shape index (κ2) is 6.14. The van der Waals surface area contributed by atoms with Crippen molar-refractivity contribution in [1.82, 2.24) is 9.97 Å². The second-order valence-electron chi connectivity index (χ2n) is 4.81. The first-order valence-electron chi connectivity index (χ1n) is 7.00. The van der Waals surface area contributed by atoms with Crippen LogP contribution in [0, 0.1) is 0 Å². The third-order valence-electron chi connectivity index (χ3n) is 3.19. The predicted molar refractivity (Wildman–Crippen MR) is 88.8 cm³/mol. The zero-order valence-corrected chi connectivity index (χ0v) is 12.6. The Morgan fingerprint density at radius 3 is 2.86 bits per heavy atom. The van der Waals surface area contributed by atoms with Crippen molar-refractivity contribution in [2.45, 2.75) is 18.2 Å². The average Bonchev–Trinajstić information content (AvgIpc) is 2.53. The third-order valence-corrected chi connectivity index (χ3v) is 4.39. The van der Waals surface area contributed by atoms with Gasteiger partial charge in [0, 0.05) is 10.5 Å². The number of fused-ring (bicyclic) bond motifs is 1. The molecular formula is C17H16N2OS. The summed E-state index contributed by atoms with van der Waals surface area (Å²) in [5, 5.41) is 0.623. The fourth-order valence-corrected chi connectivity index (χ4v) is 3.00. The Hall–Kier alpha value is -2.07. The highest BCUT2D eigenvalue weighted by Crippen LogP contribution is 2.24. The van der Waals surface area contributed by atoms with E-state index in [9.17, 15) is 4.79 Å². The zero-order chi connectivity index (χ0) is 14.7. The number of thioether (sulfide) groups is 1. The standard InChI is InChI=1S/C17H16N2OS/c1-2-10-21-13-7-5-6-12(11-13)16-18-15-9-4-3-8-14(15)17(20)19-16/h3-9,11H,2,10H2,1H3,(H,18,19,20). The summed E-state index contributed by atoms with van der Waals surface area (Å²) in [4.78, 5) is 20.8. The van der Waals surface area contributed by atoms with Crippen molar-refractivity contribution in [2.75, 3.05) is 5.75 Å². The summed E-state index contributed by atoms with van der Waals surface area (Å²) in [7, 11) is 0. The molecule has 4 heteroatoms. The zero-order valence-electron chi connectivity index (χ0n) is 11.8. The summed E-state index contributed by atoms with van der Waals surface area (Å²) in [5.74, 6) is 1.71. The highest BCUT2D eigenvalue weighted by Gasteiger charge is 2.06. The van der Waals surface area contributed by atoms with Crippen LogP contribution in [0.5, 0.6) is 0 Å². The number of aromatic nitrogens is 2. The number of para-hydroxylation sites is 1. The molecule has 0 spiro atoms. The molecule has 106 valence electrons. The van der Waals surface area contributed by atoms with Crippen LogP contribution >= 0.6 is 11.8 Å². The SMILES string of the molecule is CCCSc1cccc(-c2nc3ccccc3c(=O)[nH]2)c1. The van der Waals surface area contributed by atoms with Gasteiger partial charge in [-0.15, -0.1) is 11.8 Å². The summed E-state index contributed by atoms with van der Waals surface area (Å²) in [6, 6.07) is 15.5. The molecule has 0 aliphatic carbocycles. The number of rotatable bonds is 4. The molecule has 1 heterocycles. The van der Waals surface area contributed by atoms with E-state index < -0.39 is 0 Å². The van der Waals surface area contributed by atoms with Gasteiger partial charge in [0.05, 0.1) is 10.9 Å². The van der Waals surface area contributed by atoms with E-state index in [1.807, 2.05) is 42.1 Å². The first-order valence-corrected chi connectivity index (χ1v) is 7.99. The van der Waals surface area contributed by atoms with Crippen LogP contribution in [-0.4, -0.2) is 15.7 Å². The smallest absolute Gasteiger partial charge is 0.259 e. The summed E-state index contributed by atoms with van der Waals surface area (Å²) < 4.78 is 0. The number of hydrogen-bond acceptors (Lipinski definition) is 3. The van der Waals surface area contributed by atoms with Crippen LogP contribution in [0.3, 0.4) is 0 Å². The maximum Gasteiger partial charge on any atom is 0.259 e. The lowest BCUT2D eigenvalue weighted by Crippen LogP contribution is -2.09. The Kier molecular flexibility index (Phi) is 4.06. The highest BCUT2D eigenvalue weighted by atomic mass is 32.2. The van der Waals surface area contributed by atoms with E-state index in [0.717, 1.165) is 23.3 Å². The molecule has 1 N–H and O–H groups in total.